The third-order valence-corrected chi connectivity index (χ3v) is 5.98. The van der Waals surface area contributed by atoms with Crippen molar-refractivity contribution < 1.29 is 14.6 Å². The van der Waals surface area contributed by atoms with E-state index in [1.54, 1.807) is 0 Å². The van der Waals surface area contributed by atoms with E-state index in [2.05, 4.69) is 26.0 Å². The molecule has 0 saturated heterocycles. The first-order valence-corrected chi connectivity index (χ1v) is 13.7. The molecule has 184 valence electrons. The molecular formula is C28H54O3. The number of carbonyl (C=O) groups is 1. The molecular weight excluding hydrogens is 384 g/mol. The third-order valence-electron chi connectivity index (χ3n) is 5.98. The van der Waals surface area contributed by atoms with Crippen molar-refractivity contribution >= 4 is 5.97 Å². The van der Waals surface area contributed by atoms with Crippen molar-refractivity contribution in [2.75, 3.05) is 6.61 Å². The summed E-state index contributed by atoms with van der Waals surface area (Å²) in [5.41, 5.74) is 0. The highest BCUT2D eigenvalue weighted by atomic mass is 16.5. The molecule has 1 atom stereocenters. The third kappa shape index (κ3) is 25.3. The molecule has 0 amide bonds. The summed E-state index contributed by atoms with van der Waals surface area (Å²) in [5, 5.41) is 9.93. The van der Waals surface area contributed by atoms with Crippen LogP contribution in [0.1, 0.15) is 149 Å². The van der Waals surface area contributed by atoms with E-state index in [4.69, 9.17) is 4.74 Å². The smallest absolute Gasteiger partial charge is 0.305 e. The van der Waals surface area contributed by atoms with Crippen molar-refractivity contribution in [3.8, 4) is 0 Å². The van der Waals surface area contributed by atoms with Crippen LogP contribution in [0, 0.1) is 0 Å². The van der Waals surface area contributed by atoms with Gasteiger partial charge < -0.3 is 9.84 Å². The molecule has 0 bridgehead atoms. The Balaban J connectivity index is 3.29. The lowest BCUT2D eigenvalue weighted by molar-refractivity contribution is -0.143. The van der Waals surface area contributed by atoms with Crippen LogP contribution in [0.25, 0.3) is 0 Å². The maximum absolute atomic E-state index is 11.8. The summed E-state index contributed by atoms with van der Waals surface area (Å²) in [4.78, 5) is 11.8. The molecule has 0 aromatic rings. The Labute approximate surface area is 194 Å². The first-order chi connectivity index (χ1) is 15.2. The summed E-state index contributed by atoms with van der Waals surface area (Å²) in [6.45, 7) is 5.07. The molecule has 0 aliphatic carbocycles. The lowest BCUT2D eigenvalue weighted by atomic mass is 10.1. The number of hydrogen-bond donors (Lipinski definition) is 1. The Bertz CT molecular complexity index is 392. The average molecular weight is 439 g/mol. The summed E-state index contributed by atoms with van der Waals surface area (Å²) >= 11 is 0. The second-order valence-corrected chi connectivity index (χ2v) is 9.21. The van der Waals surface area contributed by atoms with Gasteiger partial charge in [-0.2, -0.15) is 0 Å². The topological polar surface area (TPSA) is 46.5 Å². The molecule has 0 heterocycles. The van der Waals surface area contributed by atoms with E-state index in [1.165, 1.54) is 83.5 Å². The number of allylic oxidation sites excluding steroid dienone is 1. The number of aliphatic hydroxyl groups is 1. The summed E-state index contributed by atoms with van der Waals surface area (Å²) in [5.74, 6) is -0.0147. The van der Waals surface area contributed by atoms with E-state index in [-0.39, 0.29) is 12.1 Å². The zero-order valence-electron chi connectivity index (χ0n) is 21.1. The maximum atomic E-state index is 11.8. The fourth-order valence-electron chi connectivity index (χ4n) is 3.85. The van der Waals surface area contributed by atoms with Gasteiger partial charge in [-0.1, -0.05) is 116 Å². The highest BCUT2D eigenvalue weighted by Gasteiger charge is 2.03. The van der Waals surface area contributed by atoms with E-state index in [9.17, 15) is 9.90 Å². The second-order valence-electron chi connectivity index (χ2n) is 9.21. The van der Waals surface area contributed by atoms with Gasteiger partial charge in [0.05, 0.1) is 12.7 Å². The van der Waals surface area contributed by atoms with Gasteiger partial charge in [-0.15, -0.1) is 0 Å². The molecule has 0 aromatic carbocycles. The summed E-state index contributed by atoms with van der Waals surface area (Å²) in [7, 11) is 0. The van der Waals surface area contributed by atoms with Crippen molar-refractivity contribution in [1.29, 1.82) is 0 Å². The number of hydrogen-bond acceptors (Lipinski definition) is 3. The summed E-state index contributed by atoms with van der Waals surface area (Å²) in [6.07, 6.45) is 28.4. The SMILES string of the molecule is CCCCCCCCCCOC(=O)CCCCCCC/C=C/CC(O)CCCCCC. The van der Waals surface area contributed by atoms with Gasteiger partial charge in [0.15, 0.2) is 0 Å². The van der Waals surface area contributed by atoms with Crippen molar-refractivity contribution in [2.45, 2.75) is 155 Å². The van der Waals surface area contributed by atoms with E-state index in [0.29, 0.717) is 13.0 Å². The van der Waals surface area contributed by atoms with Crippen LogP contribution in [0.4, 0.5) is 0 Å². The number of aliphatic hydroxyl groups excluding tert-OH is 1. The van der Waals surface area contributed by atoms with Crippen LogP contribution >= 0.6 is 0 Å². The zero-order valence-corrected chi connectivity index (χ0v) is 21.1. The van der Waals surface area contributed by atoms with E-state index >= 15 is 0 Å². The van der Waals surface area contributed by atoms with Gasteiger partial charge in [0.2, 0.25) is 0 Å². The Morgan fingerprint density at radius 3 is 1.94 bits per heavy atom. The largest absolute Gasteiger partial charge is 0.466 e. The first-order valence-electron chi connectivity index (χ1n) is 13.7. The van der Waals surface area contributed by atoms with Gasteiger partial charge in [0.1, 0.15) is 0 Å². The van der Waals surface area contributed by atoms with Gasteiger partial charge in [0, 0.05) is 6.42 Å². The van der Waals surface area contributed by atoms with Crippen LogP contribution in [0.2, 0.25) is 0 Å². The second kappa shape index (κ2) is 25.4. The highest BCUT2D eigenvalue weighted by molar-refractivity contribution is 5.69. The molecule has 0 aliphatic rings. The normalized spacial score (nSPS) is 12.5. The Morgan fingerprint density at radius 1 is 0.710 bits per heavy atom. The van der Waals surface area contributed by atoms with Crippen LogP contribution in [-0.4, -0.2) is 23.8 Å². The van der Waals surface area contributed by atoms with Crippen LogP contribution in [-0.2, 0) is 9.53 Å². The maximum Gasteiger partial charge on any atom is 0.305 e. The minimum atomic E-state index is -0.164. The molecule has 0 spiro atoms. The Hall–Kier alpha value is -0.830. The van der Waals surface area contributed by atoms with Gasteiger partial charge in [-0.3, -0.25) is 4.79 Å². The van der Waals surface area contributed by atoms with Crippen LogP contribution in [0.5, 0.6) is 0 Å². The van der Waals surface area contributed by atoms with E-state index in [1.807, 2.05) is 0 Å². The fraction of sp³-hybridized carbons (Fsp3) is 0.893. The first kappa shape index (κ1) is 30.2. The van der Waals surface area contributed by atoms with Gasteiger partial charge in [0.25, 0.3) is 0 Å². The molecule has 0 rings (SSSR count). The molecule has 1 unspecified atom stereocenters. The fourth-order valence-corrected chi connectivity index (χ4v) is 3.85. The average Bonchev–Trinajstić information content (AvgIpc) is 2.76. The minimum absolute atomic E-state index is 0.0147. The molecule has 0 aliphatic heterocycles. The standard InChI is InChI=1S/C28H54O3/c1-3-5-7-9-10-15-18-22-26-31-28(30)25-21-17-14-12-11-13-16-20-24-27(29)23-19-8-6-4-2/h16,20,27,29H,3-15,17-19,21-26H2,1-2H3/b20-16+. The number of rotatable bonds is 24. The molecule has 0 radical (unpaired) electrons. The number of esters is 1. The molecule has 0 aromatic heterocycles. The molecule has 1 N–H and O–H groups in total. The summed E-state index contributed by atoms with van der Waals surface area (Å²) in [6, 6.07) is 0. The quantitative estimate of drug-likeness (QED) is 0.0931. The number of carbonyl (C=O) groups excluding carboxylic acids is 1. The Morgan fingerprint density at radius 2 is 1.26 bits per heavy atom. The minimum Gasteiger partial charge on any atom is -0.466 e. The van der Waals surface area contributed by atoms with Crippen LogP contribution in [0.3, 0.4) is 0 Å². The lowest BCUT2D eigenvalue weighted by Crippen LogP contribution is -2.05. The molecule has 0 saturated carbocycles. The molecule has 31 heavy (non-hydrogen) atoms. The molecule has 3 nitrogen and oxygen atoms in total. The lowest BCUT2D eigenvalue weighted by Gasteiger charge is -2.07. The predicted molar refractivity (Wildman–Crippen MR) is 134 cm³/mol. The van der Waals surface area contributed by atoms with Gasteiger partial charge >= 0.3 is 5.97 Å². The summed E-state index contributed by atoms with van der Waals surface area (Å²) < 4.78 is 5.35. The van der Waals surface area contributed by atoms with E-state index < -0.39 is 0 Å². The zero-order chi connectivity index (χ0) is 22.8. The monoisotopic (exact) mass is 438 g/mol. The van der Waals surface area contributed by atoms with Crippen LogP contribution in [0.15, 0.2) is 12.2 Å². The predicted octanol–water partition coefficient (Wildman–Crippen LogP) is 8.68. The highest BCUT2D eigenvalue weighted by Crippen LogP contribution is 2.11. The van der Waals surface area contributed by atoms with Gasteiger partial charge in [-0.25, -0.2) is 0 Å². The van der Waals surface area contributed by atoms with E-state index in [0.717, 1.165) is 44.9 Å². The Kier molecular flexibility index (Phi) is 24.7. The van der Waals surface area contributed by atoms with Crippen molar-refractivity contribution in [1.82, 2.24) is 0 Å². The number of ether oxygens (including phenoxy) is 1. The number of unbranched alkanes of at least 4 members (excludes halogenated alkanes) is 15. The molecule has 0 fully saturated rings. The van der Waals surface area contributed by atoms with Crippen molar-refractivity contribution in [3.63, 3.8) is 0 Å². The van der Waals surface area contributed by atoms with Crippen molar-refractivity contribution in [3.05, 3.63) is 12.2 Å². The van der Waals surface area contributed by atoms with Gasteiger partial charge in [-0.05, 0) is 38.5 Å². The van der Waals surface area contributed by atoms with Crippen molar-refractivity contribution in [2.24, 2.45) is 0 Å². The van der Waals surface area contributed by atoms with Crippen LogP contribution < -0.4 is 0 Å². The molecule has 3 heteroatoms.